The van der Waals surface area contributed by atoms with Gasteiger partial charge in [-0.3, -0.25) is 4.79 Å². The molecular formula is C14H20N2O. The molecule has 1 aliphatic heterocycles. The maximum absolute atomic E-state index is 11.6. The number of benzene rings is 1. The molecule has 1 aliphatic rings. The van der Waals surface area contributed by atoms with Crippen molar-refractivity contribution in [2.75, 3.05) is 11.9 Å². The number of hydrogen-bond donors (Lipinski definition) is 1. The van der Waals surface area contributed by atoms with Gasteiger partial charge in [-0.05, 0) is 43.9 Å². The second-order valence-electron chi connectivity index (χ2n) is 5.58. The zero-order valence-electron chi connectivity index (χ0n) is 10.8. The summed E-state index contributed by atoms with van der Waals surface area (Å²) in [5.41, 5.74) is 9.30. The molecule has 0 saturated heterocycles. The highest BCUT2D eigenvalue weighted by molar-refractivity contribution is 6.00. The number of nitrogens with zero attached hydrogens (tertiary/aromatic N) is 1. The third-order valence-corrected chi connectivity index (χ3v) is 3.28. The molecule has 0 fully saturated rings. The molecule has 1 aromatic rings. The van der Waals surface area contributed by atoms with Crippen LogP contribution in [0.1, 0.15) is 31.4 Å². The van der Waals surface area contributed by atoms with Crippen molar-refractivity contribution in [3.8, 4) is 0 Å². The molecule has 0 aromatic heterocycles. The van der Waals surface area contributed by atoms with E-state index in [9.17, 15) is 4.79 Å². The van der Waals surface area contributed by atoms with Crippen LogP contribution in [0, 0.1) is 0 Å². The second-order valence-corrected chi connectivity index (χ2v) is 5.58. The van der Waals surface area contributed by atoms with E-state index < -0.39 is 0 Å². The number of anilines is 1. The molecule has 3 heteroatoms. The molecular weight excluding hydrogens is 212 g/mol. The second kappa shape index (κ2) is 4.15. The normalized spacial score (nSPS) is 15.3. The molecule has 17 heavy (non-hydrogen) atoms. The maximum Gasteiger partial charge on any atom is 0.231 e. The zero-order valence-corrected chi connectivity index (χ0v) is 10.8. The monoisotopic (exact) mass is 232 g/mol. The Bertz CT molecular complexity index is 446. The lowest BCUT2D eigenvalue weighted by Gasteiger charge is -2.18. The number of carbonyl (C=O) groups excluding carboxylic acids is 1. The first-order valence-corrected chi connectivity index (χ1v) is 6.04. The lowest BCUT2D eigenvalue weighted by atomic mass is 9.95. The van der Waals surface area contributed by atoms with Crippen LogP contribution in [0.2, 0.25) is 0 Å². The highest BCUT2D eigenvalue weighted by Gasteiger charge is 2.23. The number of fused-ring (bicyclic) bond motifs is 1. The van der Waals surface area contributed by atoms with Gasteiger partial charge in [-0.25, -0.2) is 0 Å². The van der Waals surface area contributed by atoms with Crippen molar-refractivity contribution < 1.29 is 4.79 Å². The van der Waals surface area contributed by atoms with Crippen LogP contribution in [-0.2, 0) is 17.6 Å². The Kier molecular flexibility index (Phi) is 2.96. The zero-order chi connectivity index (χ0) is 12.6. The number of rotatable bonds is 3. The molecule has 0 spiro atoms. The Morgan fingerprint density at radius 3 is 2.76 bits per heavy atom. The third kappa shape index (κ3) is 2.67. The number of carbonyl (C=O) groups is 1. The van der Waals surface area contributed by atoms with Gasteiger partial charge >= 0.3 is 0 Å². The van der Waals surface area contributed by atoms with Crippen LogP contribution >= 0.6 is 0 Å². The summed E-state index contributed by atoms with van der Waals surface area (Å²) in [6, 6.07) is 6.28. The minimum atomic E-state index is -0.133. The van der Waals surface area contributed by atoms with E-state index in [1.165, 1.54) is 5.56 Å². The molecule has 0 bridgehead atoms. The van der Waals surface area contributed by atoms with Gasteiger partial charge in [0, 0.05) is 18.3 Å². The van der Waals surface area contributed by atoms with E-state index in [1.54, 1.807) is 4.90 Å². The van der Waals surface area contributed by atoms with Crippen LogP contribution in [-0.4, -0.2) is 18.5 Å². The Labute approximate surface area is 103 Å². The molecule has 2 rings (SSSR count). The largest absolute Gasteiger partial charge is 0.326 e. The summed E-state index contributed by atoms with van der Waals surface area (Å²) in [6.45, 7) is 4.08. The molecule has 1 aromatic carbocycles. The van der Waals surface area contributed by atoms with Gasteiger partial charge in [-0.2, -0.15) is 0 Å². The molecule has 1 heterocycles. The molecule has 0 saturated carbocycles. The van der Waals surface area contributed by atoms with E-state index in [0.29, 0.717) is 6.42 Å². The molecule has 0 aliphatic carbocycles. The molecule has 92 valence electrons. The summed E-state index contributed by atoms with van der Waals surface area (Å²) < 4.78 is 0. The Hall–Kier alpha value is -1.35. The van der Waals surface area contributed by atoms with Gasteiger partial charge in [-0.15, -0.1) is 0 Å². The quantitative estimate of drug-likeness (QED) is 0.865. The van der Waals surface area contributed by atoms with Gasteiger partial charge in [0.05, 0.1) is 6.42 Å². The van der Waals surface area contributed by atoms with Gasteiger partial charge in [0.25, 0.3) is 0 Å². The van der Waals surface area contributed by atoms with Crippen LogP contribution in [0.15, 0.2) is 18.2 Å². The molecule has 1 amide bonds. The number of amides is 1. The summed E-state index contributed by atoms with van der Waals surface area (Å²) in [5.74, 6) is 0.177. The predicted molar refractivity (Wildman–Crippen MR) is 70.1 cm³/mol. The summed E-state index contributed by atoms with van der Waals surface area (Å²) >= 11 is 0. The highest BCUT2D eigenvalue weighted by Crippen LogP contribution is 2.28. The van der Waals surface area contributed by atoms with Crippen LogP contribution in [0.5, 0.6) is 0 Å². The smallest absolute Gasteiger partial charge is 0.231 e. The molecule has 0 atom stereocenters. The number of hydrogen-bond acceptors (Lipinski definition) is 2. The fourth-order valence-corrected chi connectivity index (χ4v) is 2.15. The SMILES string of the molecule is CN1C(=O)Cc2cc(CCC(C)(C)N)ccc21. The van der Waals surface area contributed by atoms with E-state index >= 15 is 0 Å². The lowest BCUT2D eigenvalue weighted by molar-refractivity contribution is -0.117. The first-order valence-electron chi connectivity index (χ1n) is 6.04. The third-order valence-electron chi connectivity index (χ3n) is 3.28. The molecule has 0 unspecified atom stereocenters. The van der Waals surface area contributed by atoms with E-state index in [0.717, 1.165) is 24.1 Å². The van der Waals surface area contributed by atoms with Crippen LogP contribution in [0.4, 0.5) is 5.69 Å². The molecule has 3 nitrogen and oxygen atoms in total. The summed E-state index contributed by atoms with van der Waals surface area (Å²) in [5, 5.41) is 0. The number of aryl methyl sites for hydroxylation is 1. The van der Waals surface area contributed by atoms with E-state index in [4.69, 9.17) is 5.73 Å². The van der Waals surface area contributed by atoms with Crippen molar-refractivity contribution in [3.05, 3.63) is 29.3 Å². The lowest BCUT2D eigenvalue weighted by Crippen LogP contribution is -2.32. The van der Waals surface area contributed by atoms with Gasteiger partial charge in [0.2, 0.25) is 5.91 Å². The number of likely N-dealkylation sites (N-methyl/N-ethyl adjacent to an activating group) is 1. The van der Waals surface area contributed by atoms with Crippen molar-refractivity contribution >= 4 is 11.6 Å². The van der Waals surface area contributed by atoms with Crippen molar-refractivity contribution in [3.63, 3.8) is 0 Å². The Morgan fingerprint density at radius 2 is 2.12 bits per heavy atom. The average Bonchev–Trinajstić information content (AvgIpc) is 2.51. The fourth-order valence-electron chi connectivity index (χ4n) is 2.15. The van der Waals surface area contributed by atoms with Crippen LogP contribution in [0.3, 0.4) is 0 Å². The van der Waals surface area contributed by atoms with E-state index in [2.05, 4.69) is 12.1 Å². The molecule has 2 N–H and O–H groups in total. The minimum Gasteiger partial charge on any atom is -0.326 e. The Balaban J connectivity index is 2.14. The first-order chi connectivity index (χ1) is 7.87. The van der Waals surface area contributed by atoms with Gasteiger partial charge < -0.3 is 10.6 Å². The maximum atomic E-state index is 11.6. The molecule has 0 radical (unpaired) electrons. The van der Waals surface area contributed by atoms with Gasteiger partial charge in [-0.1, -0.05) is 12.1 Å². The summed E-state index contributed by atoms with van der Waals surface area (Å²) in [6.07, 6.45) is 2.45. The number of nitrogens with two attached hydrogens (primary N) is 1. The fraction of sp³-hybridized carbons (Fsp3) is 0.500. The van der Waals surface area contributed by atoms with Crippen molar-refractivity contribution in [1.82, 2.24) is 0 Å². The highest BCUT2D eigenvalue weighted by atomic mass is 16.2. The van der Waals surface area contributed by atoms with Crippen molar-refractivity contribution in [1.29, 1.82) is 0 Å². The van der Waals surface area contributed by atoms with E-state index in [1.807, 2.05) is 27.0 Å². The van der Waals surface area contributed by atoms with Gasteiger partial charge in [0.15, 0.2) is 0 Å². The van der Waals surface area contributed by atoms with Gasteiger partial charge in [0.1, 0.15) is 0 Å². The topological polar surface area (TPSA) is 46.3 Å². The first kappa shape index (κ1) is 12.1. The van der Waals surface area contributed by atoms with Crippen molar-refractivity contribution in [2.45, 2.75) is 38.6 Å². The average molecular weight is 232 g/mol. The predicted octanol–water partition coefficient (Wildman–Crippen LogP) is 1.88. The Morgan fingerprint density at radius 1 is 1.41 bits per heavy atom. The van der Waals surface area contributed by atoms with Crippen LogP contribution < -0.4 is 10.6 Å². The standard InChI is InChI=1S/C14H20N2O/c1-14(2,15)7-6-10-4-5-12-11(8-10)9-13(17)16(12)3/h4-5,8H,6-7,9,15H2,1-3H3. The summed E-state index contributed by atoms with van der Waals surface area (Å²) in [7, 11) is 1.83. The van der Waals surface area contributed by atoms with Crippen LogP contribution in [0.25, 0.3) is 0 Å². The van der Waals surface area contributed by atoms with E-state index in [-0.39, 0.29) is 11.4 Å². The minimum absolute atomic E-state index is 0.133. The van der Waals surface area contributed by atoms with Crippen molar-refractivity contribution in [2.24, 2.45) is 5.73 Å². The summed E-state index contributed by atoms with van der Waals surface area (Å²) in [4.78, 5) is 13.3.